The first-order chi connectivity index (χ1) is 8.70. The van der Waals surface area contributed by atoms with Gasteiger partial charge < -0.3 is 5.32 Å². The number of carbonyl (C=O) groups excluding carboxylic acids is 1. The number of hydrogen-bond acceptors (Lipinski definition) is 3. The van der Waals surface area contributed by atoms with Crippen molar-refractivity contribution in [2.45, 2.75) is 0 Å². The molecular formula is C13H8FN3O. The highest BCUT2D eigenvalue weighted by Gasteiger charge is 2.08. The van der Waals surface area contributed by atoms with Crippen LogP contribution in [0.25, 0.3) is 0 Å². The van der Waals surface area contributed by atoms with Gasteiger partial charge in [0, 0.05) is 11.9 Å². The van der Waals surface area contributed by atoms with Crippen LogP contribution in [0.2, 0.25) is 0 Å². The van der Waals surface area contributed by atoms with Crippen LogP contribution in [0.4, 0.5) is 10.1 Å². The van der Waals surface area contributed by atoms with Crippen LogP contribution in [-0.2, 0) is 0 Å². The third kappa shape index (κ3) is 2.50. The minimum atomic E-state index is -0.670. The molecule has 0 aliphatic carbocycles. The summed E-state index contributed by atoms with van der Waals surface area (Å²) in [4.78, 5) is 15.6. The van der Waals surface area contributed by atoms with Gasteiger partial charge in [-0.25, -0.2) is 4.39 Å². The molecular weight excluding hydrogens is 233 g/mol. The van der Waals surface area contributed by atoms with Crippen molar-refractivity contribution >= 4 is 11.6 Å². The Hall–Kier alpha value is -2.74. The standard InChI is InChI=1S/C13H8FN3O/c14-11-7-10(5-4-9(11)8-15)17-13(18)12-3-1-2-6-16-12/h1-7H,(H,17,18). The predicted molar refractivity (Wildman–Crippen MR) is 63.3 cm³/mol. The lowest BCUT2D eigenvalue weighted by Crippen LogP contribution is -2.13. The second kappa shape index (κ2) is 5.06. The highest BCUT2D eigenvalue weighted by molar-refractivity contribution is 6.02. The average Bonchev–Trinajstić information content (AvgIpc) is 2.40. The molecule has 5 heteroatoms. The van der Waals surface area contributed by atoms with E-state index in [0.29, 0.717) is 0 Å². The highest BCUT2D eigenvalue weighted by atomic mass is 19.1. The van der Waals surface area contributed by atoms with E-state index in [1.165, 1.54) is 18.3 Å². The summed E-state index contributed by atoms with van der Waals surface area (Å²) in [5.41, 5.74) is 0.454. The number of rotatable bonds is 2. The number of nitriles is 1. The van der Waals surface area contributed by atoms with Crippen molar-refractivity contribution in [1.29, 1.82) is 5.26 Å². The molecule has 0 aliphatic rings. The third-order valence-electron chi connectivity index (χ3n) is 2.24. The van der Waals surface area contributed by atoms with Gasteiger partial charge in [0.15, 0.2) is 0 Å². The molecule has 0 aliphatic heterocycles. The van der Waals surface area contributed by atoms with Gasteiger partial charge in [-0.15, -0.1) is 0 Å². The van der Waals surface area contributed by atoms with Crippen LogP contribution in [0, 0.1) is 17.1 Å². The van der Waals surface area contributed by atoms with Crippen LogP contribution in [0.3, 0.4) is 0 Å². The van der Waals surface area contributed by atoms with E-state index < -0.39 is 11.7 Å². The van der Waals surface area contributed by atoms with Crippen LogP contribution in [-0.4, -0.2) is 10.9 Å². The number of amides is 1. The summed E-state index contributed by atoms with van der Waals surface area (Å²) in [6.45, 7) is 0. The molecule has 0 unspecified atom stereocenters. The number of carbonyl (C=O) groups is 1. The summed E-state index contributed by atoms with van der Waals surface area (Å²) >= 11 is 0. The molecule has 2 rings (SSSR count). The first kappa shape index (κ1) is 11.7. The summed E-state index contributed by atoms with van der Waals surface area (Å²) in [6, 6.07) is 10.5. The molecule has 0 radical (unpaired) electrons. The molecule has 0 saturated carbocycles. The SMILES string of the molecule is N#Cc1ccc(NC(=O)c2ccccn2)cc1F. The van der Waals surface area contributed by atoms with Crippen molar-refractivity contribution in [1.82, 2.24) is 4.98 Å². The Balaban J connectivity index is 2.18. The summed E-state index contributed by atoms with van der Waals surface area (Å²) in [5, 5.41) is 11.1. The van der Waals surface area contributed by atoms with Gasteiger partial charge in [0.05, 0.1) is 5.56 Å². The van der Waals surface area contributed by atoms with Gasteiger partial charge in [-0.3, -0.25) is 9.78 Å². The number of nitrogens with zero attached hydrogens (tertiary/aromatic N) is 2. The fraction of sp³-hybridized carbons (Fsp3) is 0. The Morgan fingerprint density at radius 2 is 2.17 bits per heavy atom. The van der Waals surface area contributed by atoms with Gasteiger partial charge in [-0.2, -0.15) is 5.26 Å². The van der Waals surface area contributed by atoms with Crippen molar-refractivity contribution < 1.29 is 9.18 Å². The molecule has 1 amide bonds. The molecule has 2 aromatic rings. The van der Waals surface area contributed by atoms with Gasteiger partial charge in [0.1, 0.15) is 17.6 Å². The van der Waals surface area contributed by atoms with Gasteiger partial charge in [0.25, 0.3) is 5.91 Å². The fourth-order valence-corrected chi connectivity index (χ4v) is 1.38. The molecule has 0 atom stereocenters. The largest absolute Gasteiger partial charge is 0.321 e. The van der Waals surface area contributed by atoms with Crippen LogP contribution < -0.4 is 5.32 Å². The van der Waals surface area contributed by atoms with Crippen LogP contribution in [0.15, 0.2) is 42.6 Å². The zero-order valence-electron chi connectivity index (χ0n) is 9.22. The number of pyridine rings is 1. The van der Waals surface area contributed by atoms with Crippen molar-refractivity contribution in [3.05, 3.63) is 59.7 Å². The van der Waals surface area contributed by atoms with Crippen LogP contribution in [0.5, 0.6) is 0 Å². The summed E-state index contributed by atoms with van der Waals surface area (Å²) in [7, 11) is 0. The van der Waals surface area contributed by atoms with E-state index in [-0.39, 0.29) is 16.9 Å². The summed E-state index contributed by atoms with van der Waals surface area (Å²) < 4.78 is 13.3. The van der Waals surface area contributed by atoms with Crippen molar-refractivity contribution in [2.75, 3.05) is 5.32 Å². The van der Waals surface area contributed by atoms with Crippen LogP contribution in [0.1, 0.15) is 16.1 Å². The predicted octanol–water partition coefficient (Wildman–Crippen LogP) is 2.34. The number of halogens is 1. The molecule has 1 N–H and O–H groups in total. The second-order valence-electron chi connectivity index (χ2n) is 3.48. The van der Waals surface area contributed by atoms with Gasteiger partial charge in [0.2, 0.25) is 0 Å². The molecule has 0 spiro atoms. The molecule has 1 heterocycles. The first-order valence-corrected chi connectivity index (χ1v) is 5.13. The number of nitrogens with one attached hydrogen (secondary N) is 1. The molecule has 18 heavy (non-hydrogen) atoms. The van der Waals surface area contributed by atoms with Crippen molar-refractivity contribution in [2.24, 2.45) is 0 Å². The third-order valence-corrected chi connectivity index (χ3v) is 2.24. The summed E-state index contributed by atoms with van der Waals surface area (Å²) in [6.07, 6.45) is 1.49. The Labute approximate surface area is 103 Å². The van der Waals surface area contributed by atoms with E-state index in [1.807, 2.05) is 0 Å². The van der Waals surface area contributed by atoms with E-state index in [2.05, 4.69) is 10.3 Å². The lowest BCUT2D eigenvalue weighted by Gasteiger charge is -2.04. The maximum atomic E-state index is 13.3. The molecule has 0 saturated heterocycles. The van der Waals surface area contributed by atoms with Crippen molar-refractivity contribution in [3.8, 4) is 6.07 Å². The highest BCUT2D eigenvalue weighted by Crippen LogP contribution is 2.14. The van der Waals surface area contributed by atoms with E-state index in [0.717, 1.165) is 6.07 Å². The maximum absolute atomic E-state index is 13.3. The smallest absolute Gasteiger partial charge is 0.274 e. The molecule has 0 bridgehead atoms. The number of hydrogen-bond donors (Lipinski definition) is 1. The molecule has 4 nitrogen and oxygen atoms in total. The van der Waals surface area contributed by atoms with E-state index in [4.69, 9.17) is 5.26 Å². The number of aromatic nitrogens is 1. The van der Waals surface area contributed by atoms with Gasteiger partial charge in [-0.05, 0) is 30.3 Å². The Morgan fingerprint density at radius 3 is 2.78 bits per heavy atom. The lowest BCUT2D eigenvalue weighted by atomic mass is 10.2. The van der Waals surface area contributed by atoms with E-state index in [1.54, 1.807) is 24.3 Å². The topological polar surface area (TPSA) is 65.8 Å². The maximum Gasteiger partial charge on any atom is 0.274 e. The second-order valence-corrected chi connectivity index (χ2v) is 3.48. The van der Waals surface area contributed by atoms with Gasteiger partial charge in [-0.1, -0.05) is 6.07 Å². The molecule has 1 aromatic heterocycles. The van der Waals surface area contributed by atoms with E-state index >= 15 is 0 Å². The quantitative estimate of drug-likeness (QED) is 0.877. The molecule has 1 aromatic carbocycles. The van der Waals surface area contributed by atoms with Gasteiger partial charge >= 0.3 is 0 Å². The minimum absolute atomic E-state index is 0.0640. The fourth-order valence-electron chi connectivity index (χ4n) is 1.38. The zero-order valence-corrected chi connectivity index (χ0v) is 9.22. The Bertz CT molecular complexity index is 620. The molecule has 88 valence electrons. The number of anilines is 1. The van der Waals surface area contributed by atoms with Crippen LogP contribution >= 0.6 is 0 Å². The Kier molecular flexibility index (Phi) is 3.30. The zero-order chi connectivity index (χ0) is 13.0. The van der Waals surface area contributed by atoms with E-state index in [9.17, 15) is 9.18 Å². The number of benzene rings is 1. The molecule has 0 fully saturated rings. The monoisotopic (exact) mass is 241 g/mol. The minimum Gasteiger partial charge on any atom is -0.321 e. The first-order valence-electron chi connectivity index (χ1n) is 5.13. The average molecular weight is 241 g/mol. The normalized spacial score (nSPS) is 9.56. The lowest BCUT2D eigenvalue weighted by molar-refractivity contribution is 0.102. The Morgan fingerprint density at radius 1 is 1.33 bits per heavy atom. The van der Waals surface area contributed by atoms with Crippen molar-refractivity contribution in [3.63, 3.8) is 0 Å². The summed E-state index contributed by atoms with van der Waals surface area (Å²) in [5.74, 6) is -1.10.